The molecule has 0 aromatic rings. The molecule has 0 unspecified atom stereocenters. The van der Waals surface area contributed by atoms with Gasteiger partial charge in [-0.25, -0.2) is 0 Å². The van der Waals surface area contributed by atoms with E-state index in [-0.39, 0.29) is 5.57 Å². The maximum Gasteiger partial charge on any atom is 0.191 e. The summed E-state index contributed by atoms with van der Waals surface area (Å²) in [5.74, 6) is -0.854. The van der Waals surface area contributed by atoms with E-state index in [1.807, 2.05) is 0 Å². The molecule has 0 aliphatic rings. The Morgan fingerprint density at radius 2 is 1.73 bits per heavy atom. The SMILES string of the molecule is C=CC(=O)C(=C)C(=O)C(=C)C. The van der Waals surface area contributed by atoms with Crippen LogP contribution in [0.5, 0.6) is 0 Å². The quantitative estimate of drug-likeness (QED) is 0.345. The average Bonchev–Trinajstić information content (AvgIpc) is 2.00. The lowest BCUT2D eigenvalue weighted by molar-refractivity contribution is -0.117. The molecular formula is C9H10O2. The Morgan fingerprint density at radius 3 is 2.00 bits per heavy atom. The fourth-order valence-electron chi connectivity index (χ4n) is 0.493. The van der Waals surface area contributed by atoms with Gasteiger partial charge in [-0.1, -0.05) is 19.7 Å². The summed E-state index contributed by atoms with van der Waals surface area (Å²) >= 11 is 0. The standard InChI is InChI=1S/C9H10O2/c1-5-8(10)7(4)9(11)6(2)3/h5H,1-2,4H2,3H3. The van der Waals surface area contributed by atoms with E-state index in [1.54, 1.807) is 0 Å². The van der Waals surface area contributed by atoms with Crippen LogP contribution in [-0.4, -0.2) is 11.6 Å². The molecule has 0 spiro atoms. The van der Waals surface area contributed by atoms with E-state index in [1.165, 1.54) is 6.92 Å². The highest BCUT2D eigenvalue weighted by Gasteiger charge is 2.12. The summed E-state index contributed by atoms with van der Waals surface area (Å²) in [5.41, 5.74) is 0.234. The minimum atomic E-state index is -0.446. The molecule has 0 aromatic heterocycles. The Labute approximate surface area is 65.9 Å². The first-order chi connectivity index (χ1) is 5.00. The monoisotopic (exact) mass is 150 g/mol. The van der Waals surface area contributed by atoms with Crippen molar-refractivity contribution in [1.29, 1.82) is 0 Å². The van der Waals surface area contributed by atoms with Crippen molar-refractivity contribution in [3.8, 4) is 0 Å². The van der Waals surface area contributed by atoms with Crippen LogP contribution in [0.3, 0.4) is 0 Å². The van der Waals surface area contributed by atoms with Gasteiger partial charge in [0.05, 0.1) is 5.57 Å². The van der Waals surface area contributed by atoms with Gasteiger partial charge in [0, 0.05) is 0 Å². The summed E-state index contributed by atoms with van der Waals surface area (Å²) in [6.45, 7) is 11.5. The zero-order valence-corrected chi connectivity index (χ0v) is 6.52. The number of ketones is 2. The summed E-state index contributed by atoms with van der Waals surface area (Å²) in [6, 6.07) is 0. The Bertz CT molecular complexity index is 246. The molecule has 2 nitrogen and oxygen atoms in total. The van der Waals surface area contributed by atoms with E-state index in [0.717, 1.165) is 6.08 Å². The number of allylic oxidation sites excluding steroid dienone is 3. The molecule has 0 amide bonds. The van der Waals surface area contributed by atoms with Gasteiger partial charge in [0.25, 0.3) is 0 Å². The van der Waals surface area contributed by atoms with Crippen LogP contribution in [0.1, 0.15) is 6.92 Å². The zero-order chi connectivity index (χ0) is 9.02. The van der Waals surface area contributed by atoms with E-state index in [0.29, 0.717) is 5.57 Å². The van der Waals surface area contributed by atoms with Crippen molar-refractivity contribution in [1.82, 2.24) is 0 Å². The third-order valence-electron chi connectivity index (χ3n) is 1.14. The van der Waals surface area contributed by atoms with E-state index >= 15 is 0 Å². The van der Waals surface area contributed by atoms with Gasteiger partial charge < -0.3 is 0 Å². The molecule has 0 N–H and O–H groups in total. The molecule has 0 radical (unpaired) electrons. The average molecular weight is 150 g/mol. The van der Waals surface area contributed by atoms with Crippen molar-refractivity contribution in [2.75, 3.05) is 0 Å². The maximum atomic E-state index is 11.0. The topological polar surface area (TPSA) is 34.1 Å². The minimum Gasteiger partial charge on any atom is -0.289 e. The fraction of sp³-hybridized carbons (Fsp3) is 0.111. The van der Waals surface area contributed by atoms with E-state index in [9.17, 15) is 9.59 Å². The Balaban J connectivity index is 4.51. The van der Waals surface area contributed by atoms with Crippen LogP contribution in [0.4, 0.5) is 0 Å². The third kappa shape index (κ3) is 2.34. The van der Waals surface area contributed by atoms with E-state index < -0.39 is 11.6 Å². The molecule has 0 aliphatic heterocycles. The predicted octanol–water partition coefficient (Wildman–Crippen LogP) is 1.44. The molecule has 58 valence electrons. The first-order valence-electron chi connectivity index (χ1n) is 3.06. The van der Waals surface area contributed by atoms with Gasteiger partial charge in [0.2, 0.25) is 0 Å². The largest absolute Gasteiger partial charge is 0.289 e. The smallest absolute Gasteiger partial charge is 0.191 e. The van der Waals surface area contributed by atoms with Crippen LogP contribution in [-0.2, 0) is 9.59 Å². The van der Waals surface area contributed by atoms with Gasteiger partial charge in [-0.15, -0.1) is 0 Å². The summed E-state index contributed by atoms with van der Waals surface area (Å²) in [7, 11) is 0. The molecule has 0 fully saturated rings. The van der Waals surface area contributed by atoms with Crippen molar-refractivity contribution < 1.29 is 9.59 Å². The number of Topliss-reactive ketones (excluding diaryl/α,β-unsaturated/α-hetero) is 1. The lowest BCUT2D eigenvalue weighted by atomic mass is 10.0. The van der Waals surface area contributed by atoms with Crippen LogP contribution < -0.4 is 0 Å². The molecule has 11 heavy (non-hydrogen) atoms. The van der Waals surface area contributed by atoms with Gasteiger partial charge in [0.1, 0.15) is 0 Å². The molecule has 0 heterocycles. The Hall–Kier alpha value is -1.44. The summed E-state index contributed by atoms with van der Waals surface area (Å²) in [5, 5.41) is 0. The van der Waals surface area contributed by atoms with Crippen molar-refractivity contribution in [2.24, 2.45) is 0 Å². The molecule has 0 aromatic carbocycles. The second-order valence-electron chi connectivity index (χ2n) is 2.16. The van der Waals surface area contributed by atoms with Gasteiger partial charge in [-0.2, -0.15) is 0 Å². The summed E-state index contributed by atoms with van der Waals surface area (Å²) in [4.78, 5) is 21.8. The zero-order valence-electron chi connectivity index (χ0n) is 6.52. The number of hydrogen-bond acceptors (Lipinski definition) is 2. The van der Waals surface area contributed by atoms with Crippen LogP contribution in [0, 0.1) is 0 Å². The number of carbonyl (C=O) groups excluding carboxylic acids is 2. The Morgan fingerprint density at radius 1 is 1.27 bits per heavy atom. The van der Waals surface area contributed by atoms with Crippen LogP contribution in [0.15, 0.2) is 37.0 Å². The van der Waals surface area contributed by atoms with E-state index in [2.05, 4.69) is 19.7 Å². The molecule has 0 rings (SSSR count). The molecule has 0 atom stereocenters. The molecule has 0 bridgehead atoms. The van der Waals surface area contributed by atoms with Crippen LogP contribution in [0.25, 0.3) is 0 Å². The van der Waals surface area contributed by atoms with Gasteiger partial charge in [-0.3, -0.25) is 9.59 Å². The van der Waals surface area contributed by atoms with Crippen molar-refractivity contribution >= 4 is 11.6 Å². The van der Waals surface area contributed by atoms with Crippen molar-refractivity contribution in [2.45, 2.75) is 6.92 Å². The van der Waals surface area contributed by atoms with Gasteiger partial charge in [0.15, 0.2) is 11.6 Å². The van der Waals surface area contributed by atoms with Gasteiger partial charge in [-0.05, 0) is 18.6 Å². The summed E-state index contributed by atoms with van der Waals surface area (Å²) < 4.78 is 0. The number of rotatable bonds is 4. The maximum absolute atomic E-state index is 11.0. The molecular weight excluding hydrogens is 140 g/mol. The predicted molar refractivity (Wildman–Crippen MR) is 44.2 cm³/mol. The highest BCUT2D eigenvalue weighted by atomic mass is 16.1. The summed E-state index contributed by atoms with van der Waals surface area (Å²) in [6.07, 6.45) is 1.06. The first kappa shape index (κ1) is 9.56. The number of hydrogen-bond donors (Lipinski definition) is 0. The lowest BCUT2D eigenvalue weighted by Crippen LogP contribution is -2.09. The molecule has 0 saturated heterocycles. The lowest BCUT2D eigenvalue weighted by Gasteiger charge is -1.97. The van der Waals surface area contributed by atoms with Gasteiger partial charge >= 0.3 is 0 Å². The van der Waals surface area contributed by atoms with Crippen LogP contribution in [0.2, 0.25) is 0 Å². The van der Waals surface area contributed by atoms with E-state index in [4.69, 9.17) is 0 Å². The fourth-order valence-corrected chi connectivity index (χ4v) is 0.493. The highest BCUT2D eigenvalue weighted by Crippen LogP contribution is 2.02. The number of carbonyl (C=O) groups is 2. The highest BCUT2D eigenvalue weighted by molar-refractivity contribution is 6.28. The van der Waals surface area contributed by atoms with Crippen LogP contribution >= 0.6 is 0 Å². The first-order valence-corrected chi connectivity index (χ1v) is 3.06. The molecule has 2 heteroatoms. The Kier molecular flexibility index (Phi) is 3.18. The van der Waals surface area contributed by atoms with Crippen molar-refractivity contribution in [3.63, 3.8) is 0 Å². The molecule has 0 saturated carbocycles. The second-order valence-corrected chi connectivity index (χ2v) is 2.16. The second kappa shape index (κ2) is 3.66. The van der Waals surface area contributed by atoms with Crippen molar-refractivity contribution in [3.05, 3.63) is 37.0 Å². The third-order valence-corrected chi connectivity index (χ3v) is 1.14. The normalized spacial score (nSPS) is 8.45. The minimum absolute atomic E-state index is 0.0764. The molecule has 0 aliphatic carbocycles.